The number of para-hydroxylation sites is 1. The summed E-state index contributed by atoms with van der Waals surface area (Å²) in [7, 11) is 0. The zero-order valence-corrected chi connectivity index (χ0v) is 15.9. The third-order valence-corrected chi connectivity index (χ3v) is 5.03. The van der Waals surface area contributed by atoms with Crippen molar-refractivity contribution in [3.05, 3.63) is 48.3 Å². The average molecular weight is 368 g/mol. The van der Waals surface area contributed by atoms with Crippen molar-refractivity contribution in [2.24, 2.45) is 0 Å². The van der Waals surface area contributed by atoms with Gasteiger partial charge in [0.05, 0.1) is 17.9 Å². The Morgan fingerprint density at radius 3 is 2.48 bits per heavy atom. The van der Waals surface area contributed by atoms with Crippen molar-refractivity contribution in [3.63, 3.8) is 0 Å². The molecule has 0 bridgehead atoms. The largest absolute Gasteiger partial charge is 0.349 e. The van der Waals surface area contributed by atoms with Crippen LogP contribution in [0, 0.1) is 0 Å². The Morgan fingerprint density at radius 2 is 1.78 bits per heavy atom. The molecule has 0 saturated carbocycles. The maximum absolute atomic E-state index is 12.3. The Balaban J connectivity index is 1.47. The van der Waals surface area contributed by atoms with Gasteiger partial charge in [0.2, 0.25) is 11.8 Å². The van der Waals surface area contributed by atoms with Crippen LogP contribution >= 0.6 is 0 Å². The molecule has 0 radical (unpaired) electrons. The number of carbonyl (C=O) groups excluding carboxylic acids is 2. The van der Waals surface area contributed by atoms with Gasteiger partial charge in [-0.2, -0.15) is 5.10 Å². The lowest BCUT2D eigenvalue weighted by molar-refractivity contribution is -0.133. The average Bonchev–Trinajstić information content (AvgIpc) is 3.03. The third kappa shape index (κ3) is 5.42. The number of nitrogens with one attached hydrogen (secondary N) is 1. The highest BCUT2D eigenvalue weighted by atomic mass is 16.2. The van der Waals surface area contributed by atoms with Gasteiger partial charge >= 0.3 is 0 Å². The van der Waals surface area contributed by atoms with E-state index in [4.69, 9.17) is 0 Å². The molecule has 144 valence electrons. The minimum absolute atomic E-state index is 0.0941. The summed E-state index contributed by atoms with van der Waals surface area (Å²) in [5.41, 5.74) is 1.91. The fourth-order valence-corrected chi connectivity index (χ4v) is 3.38. The summed E-state index contributed by atoms with van der Waals surface area (Å²) < 4.78 is 1.79. The lowest BCUT2D eigenvalue weighted by Gasteiger charge is -2.20. The number of carbonyl (C=O) groups is 2. The molecule has 6 nitrogen and oxygen atoms in total. The van der Waals surface area contributed by atoms with E-state index in [1.165, 1.54) is 12.8 Å². The normalized spacial score (nSPS) is 15.8. The second-order valence-electron chi connectivity index (χ2n) is 7.14. The van der Waals surface area contributed by atoms with Gasteiger partial charge in [0.1, 0.15) is 0 Å². The predicted octanol–water partition coefficient (Wildman–Crippen LogP) is 3.23. The van der Waals surface area contributed by atoms with E-state index in [1.54, 1.807) is 10.9 Å². The van der Waals surface area contributed by atoms with Gasteiger partial charge in [0, 0.05) is 37.7 Å². The van der Waals surface area contributed by atoms with Crippen molar-refractivity contribution in [2.45, 2.75) is 51.5 Å². The van der Waals surface area contributed by atoms with Crippen molar-refractivity contribution < 1.29 is 9.59 Å². The molecule has 3 rings (SSSR count). The summed E-state index contributed by atoms with van der Waals surface area (Å²) in [5.74, 6) is -0.00488. The lowest BCUT2D eigenvalue weighted by Crippen LogP contribution is -2.33. The quantitative estimate of drug-likeness (QED) is 0.851. The predicted molar refractivity (Wildman–Crippen MR) is 104 cm³/mol. The molecule has 1 saturated heterocycles. The Bertz CT molecular complexity index is 749. The molecule has 1 aliphatic rings. The van der Waals surface area contributed by atoms with Crippen LogP contribution in [0.15, 0.2) is 42.7 Å². The number of nitrogens with zero attached hydrogens (tertiary/aromatic N) is 3. The highest BCUT2D eigenvalue weighted by Gasteiger charge is 2.18. The lowest BCUT2D eigenvalue weighted by atomic mass is 10.1. The van der Waals surface area contributed by atoms with Crippen molar-refractivity contribution >= 4 is 11.8 Å². The van der Waals surface area contributed by atoms with E-state index in [0.717, 1.165) is 37.2 Å². The van der Waals surface area contributed by atoms with Gasteiger partial charge in [-0.3, -0.25) is 9.59 Å². The fraction of sp³-hybridized carbons (Fsp3) is 0.476. The molecule has 1 aromatic heterocycles. The molecule has 1 fully saturated rings. The van der Waals surface area contributed by atoms with Crippen LogP contribution < -0.4 is 5.32 Å². The van der Waals surface area contributed by atoms with Crippen LogP contribution in [-0.4, -0.2) is 39.6 Å². The van der Waals surface area contributed by atoms with Gasteiger partial charge < -0.3 is 10.2 Å². The van der Waals surface area contributed by atoms with Crippen molar-refractivity contribution in [1.29, 1.82) is 0 Å². The monoisotopic (exact) mass is 368 g/mol. The SMILES string of the molecule is CC(NC(=O)CCC(=O)N1CCCCCC1)c1cnn(-c2ccccc2)c1. The molecule has 27 heavy (non-hydrogen) atoms. The molecular formula is C21H28N4O2. The van der Waals surface area contributed by atoms with Gasteiger partial charge in [-0.05, 0) is 31.9 Å². The van der Waals surface area contributed by atoms with Gasteiger partial charge in [0.25, 0.3) is 0 Å². The van der Waals surface area contributed by atoms with E-state index in [9.17, 15) is 9.59 Å². The van der Waals surface area contributed by atoms with E-state index in [1.807, 2.05) is 48.4 Å². The zero-order chi connectivity index (χ0) is 19.1. The van der Waals surface area contributed by atoms with Crippen LogP contribution in [0.3, 0.4) is 0 Å². The number of benzene rings is 1. The van der Waals surface area contributed by atoms with Crippen LogP contribution in [0.1, 0.15) is 57.1 Å². The Hall–Kier alpha value is -2.63. The molecule has 1 unspecified atom stereocenters. The standard InChI is InChI=1S/C21H28N4O2/c1-17(18-15-22-25(16-18)19-9-5-4-6-10-19)23-20(26)11-12-21(27)24-13-7-2-3-8-14-24/h4-6,9-10,15-17H,2-3,7-8,11-14H2,1H3,(H,23,26). The molecule has 2 amide bonds. The first-order valence-corrected chi connectivity index (χ1v) is 9.80. The van der Waals surface area contributed by atoms with Crippen molar-refractivity contribution in [3.8, 4) is 5.69 Å². The maximum atomic E-state index is 12.3. The van der Waals surface area contributed by atoms with Crippen LogP contribution in [0.2, 0.25) is 0 Å². The molecule has 2 aromatic rings. The molecule has 6 heteroatoms. The molecular weight excluding hydrogens is 340 g/mol. The molecule has 1 N–H and O–H groups in total. The number of rotatable bonds is 6. The summed E-state index contributed by atoms with van der Waals surface area (Å²) in [6, 6.07) is 9.70. The smallest absolute Gasteiger partial charge is 0.223 e. The second-order valence-corrected chi connectivity index (χ2v) is 7.14. The molecule has 1 atom stereocenters. The van der Waals surface area contributed by atoms with E-state index in [2.05, 4.69) is 10.4 Å². The first-order valence-electron chi connectivity index (χ1n) is 9.80. The Kier molecular flexibility index (Phi) is 6.63. The number of hydrogen-bond acceptors (Lipinski definition) is 3. The van der Waals surface area contributed by atoms with Gasteiger partial charge in [-0.15, -0.1) is 0 Å². The van der Waals surface area contributed by atoms with Crippen LogP contribution in [0.25, 0.3) is 5.69 Å². The van der Waals surface area contributed by atoms with Gasteiger partial charge in [-0.1, -0.05) is 31.0 Å². The van der Waals surface area contributed by atoms with Gasteiger partial charge in [0.15, 0.2) is 0 Å². The molecule has 1 aromatic carbocycles. The number of likely N-dealkylation sites (tertiary alicyclic amines) is 1. The van der Waals surface area contributed by atoms with Crippen molar-refractivity contribution in [2.75, 3.05) is 13.1 Å². The summed E-state index contributed by atoms with van der Waals surface area (Å²) >= 11 is 0. The topological polar surface area (TPSA) is 67.2 Å². The number of aromatic nitrogens is 2. The maximum Gasteiger partial charge on any atom is 0.223 e. The minimum atomic E-state index is -0.150. The minimum Gasteiger partial charge on any atom is -0.349 e. The second kappa shape index (κ2) is 9.35. The highest BCUT2D eigenvalue weighted by molar-refractivity contribution is 5.84. The fourth-order valence-electron chi connectivity index (χ4n) is 3.38. The van der Waals surface area contributed by atoms with E-state index in [-0.39, 0.29) is 30.7 Å². The third-order valence-electron chi connectivity index (χ3n) is 5.03. The summed E-state index contributed by atoms with van der Waals surface area (Å²) in [6.45, 7) is 3.59. The number of hydrogen-bond donors (Lipinski definition) is 1. The van der Waals surface area contributed by atoms with E-state index in [0.29, 0.717) is 0 Å². The number of amides is 2. The van der Waals surface area contributed by atoms with Crippen LogP contribution in [-0.2, 0) is 9.59 Å². The van der Waals surface area contributed by atoms with E-state index < -0.39 is 0 Å². The summed E-state index contributed by atoms with van der Waals surface area (Å²) in [5, 5.41) is 7.33. The van der Waals surface area contributed by atoms with Crippen LogP contribution in [0.4, 0.5) is 0 Å². The molecule has 0 aliphatic carbocycles. The first-order chi connectivity index (χ1) is 13.1. The first kappa shape index (κ1) is 19.1. The van der Waals surface area contributed by atoms with E-state index >= 15 is 0 Å². The van der Waals surface area contributed by atoms with Crippen molar-refractivity contribution in [1.82, 2.24) is 20.0 Å². The van der Waals surface area contributed by atoms with Crippen LogP contribution in [0.5, 0.6) is 0 Å². The highest BCUT2D eigenvalue weighted by Crippen LogP contribution is 2.15. The zero-order valence-electron chi connectivity index (χ0n) is 15.9. The summed E-state index contributed by atoms with van der Waals surface area (Å²) in [6.07, 6.45) is 8.72. The van der Waals surface area contributed by atoms with Gasteiger partial charge in [-0.25, -0.2) is 4.68 Å². The molecule has 0 spiro atoms. The molecule has 2 heterocycles. The summed E-state index contributed by atoms with van der Waals surface area (Å²) in [4.78, 5) is 26.5. The Labute approximate surface area is 160 Å². The molecule has 1 aliphatic heterocycles. The Morgan fingerprint density at radius 1 is 1.07 bits per heavy atom.